The highest BCUT2D eigenvalue weighted by atomic mass is 19.1. The maximum Gasteiger partial charge on any atom is 0.320 e. The Kier molecular flexibility index (Phi) is 5.76. The number of nitrogens with zero attached hydrogens (tertiary/aromatic N) is 3. The predicted molar refractivity (Wildman–Crippen MR) is 103 cm³/mol. The van der Waals surface area contributed by atoms with Crippen molar-refractivity contribution in [2.75, 3.05) is 31.1 Å². The van der Waals surface area contributed by atoms with Gasteiger partial charge in [-0.1, -0.05) is 30.3 Å². The third kappa shape index (κ3) is 4.34. The van der Waals surface area contributed by atoms with Crippen molar-refractivity contribution < 1.29 is 9.18 Å². The van der Waals surface area contributed by atoms with Crippen LogP contribution in [-0.2, 0) is 6.54 Å². The van der Waals surface area contributed by atoms with Crippen molar-refractivity contribution in [2.24, 2.45) is 0 Å². The van der Waals surface area contributed by atoms with E-state index in [-0.39, 0.29) is 17.9 Å². The topological polar surface area (TPSA) is 26.8 Å². The molecule has 1 heterocycles. The molecule has 0 aliphatic carbocycles. The summed E-state index contributed by atoms with van der Waals surface area (Å²) in [7, 11) is 0. The number of piperazine rings is 1. The van der Waals surface area contributed by atoms with Gasteiger partial charge in [-0.3, -0.25) is 0 Å². The Morgan fingerprint density at radius 3 is 2.19 bits per heavy atom. The third-order valence-corrected chi connectivity index (χ3v) is 4.81. The van der Waals surface area contributed by atoms with Crippen molar-refractivity contribution in [3.8, 4) is 0 Å². The molecule has 3 rings (SSSR count). The number of urea groups is 1. The Bertz CT molecular complexity index is 710. The number of amides is 2. The lowest BCUT2D eigenvalue weighted by Gasteiger charge is -2.39. The van der Waals surface area contributed by atoms with Crippen LogP contribution in [0.15, 0.2) is 54.6 Å². The largest absolute Gasteiger partial charge is 0.368 e. The van der Waals surface area contributed by atoms with Gasteiger partial charge >= 0.3 is 6.03 Å². The van der Waals surface area contributed by atoms with Crippen molar-refractivity contribution in [3.05, 3.63) is 66.0 Å². The maximum atomic E-state index is 13.1. The van der Waals surface area contributed by atoms with Crippen LogP contribution in [0.1, 0.15) is 19.4 Å². The van der Waals surface area contributed by atoms with Crippen LogP contribution in [0.4, 0.5) is 14.9 Å². The number of carbonyl (C=O) groups excluding carboxylic acids is 1. The molecule has 0 atom stereocenters. The molecule has 4 nitrogen and oxygen atoms in total. The molecule has 0 unspecified atom stereocenters. The monoisotopic (exact) mass is 355 g/mol. The van der Waals surface area contributed by atoms with Gasteiger partial charge in [0.1, 0.15) is 5.82 Å². The number of benzene rings is 2. The maximum absolute atomic E-state index is 13.1. The molecule has 1 aliphatic heterocycles. The number of rotatable bonds is 4. The molecule has 1 saturated heterocycles. The number of hydrogen-bond acceptors (Lipinski definition) is 2. The van der Waals surface area contributed by atoms with Gasteiger partial charge in [-0.25, -0.2) is 9.18 Å². The number of carbonyl (C=O) groups is 1. The Morgan fingerprint density at radius 2 is 1.62 bits per heavy atom. The van der Waals surface area contributed by atoms with Crippen LogP contribution in [0.5, 0.6) is 0 Å². The average Bonchev–Trinajstić information content (AvgIpc) is 2.67. The van der Waals surface area contributed by atoms with Crippen molar-refractivity contribution in [1.29, 1.82) is 0 Å². The molecule has 2 aromatic rings. The minimum atomic E-state index is -0.226. The number of halogens is 1. The van der Waals surface area contributed by atoms with Gasteiger partial charge in [0, 0.05) is 44.5 Å². The van der Waals surface area contributed by atoms with Crippen molar-refractivity contribution in [2.45, 2.75) is 26.4 Å². The normalized spacial score (nSPS) is 14.6. The number of anilines is 1. The van der Waals surface area contributed by atoms with Gasteiger partial charge in [-0.15, -0.1) is 0 Å². The van der Waals surface area contributed by atoms with Crippen LogP contribution < -0.4 is 4.90 Å². The van der Waals surface area contributed by atoms with E-state index in [1.807, 2.05) is 28.0 Å². The average molecular weight is 355 g/mol. The van der Waals surface area contributed by atoms with Crippen LogP contribution >= 0.6 is 0 Å². The van der Waals surface area contributed by atoms with Crippen LogP contribution in [0.2, 0.25) is 0 Å². The highest BCUT2D eigenvalue weighted by Gasteiger charge is 2.27. The quantitative estimate of drug-likeness (QED) is 0.829. The molecule has 0 bridgehead atoms. The molecular formula is C21H26FN3O. The molecule has 1 fully saturated rings. The van der Waals surface area contributed by atoms with Gasteiger partial charge in [-0.2, -0.15) is 0 Å². The Hall–Kier alpha value is -2.56. The van der Waals surface area contributed by atoms with Crippen molar-refractivity contribution in [1.82, 2.24) is 9.80 Å². The molecule has 2 aromatic carbocycles. The first-order valence-electron chi connectivity index (χ1n) is 9.14. The van der Waals surface area contributed by atoms with Crippen molar-refractivity contribution >= 4 is 11.7 Å². The molecule has 26 heavy (non-hydrogen) atoms. The summed E-state index contributed by atoms with van der Waals surface area (Å²) in [5.74, 6) is -0.226. The summed E-state index contributed by atoms with van der Waals surface area (Å²) in [6.45, 7) is 7.59. The second-order valence-corrected chi connectivity index (χ2v) is 6.94. The highest BCUT2D eigenvalue weighted by Crippen LogP contribution is 2.18. The summed E-state index contributed by atoms with van der Waals surface area (Å²) in [6, 6.07) is 16.9. The molecule has 0 saturated carbocycles. The zero-order valence-corrected chi connectivity index (χ0v) is 15.4. The molecule has 1 aliphatic rings. The minimum Gasteiger partial charge on any atom is -0.368 e. The van der Waals surface area contributed by atoms with Gasteiger partial charge in [0.15, 0.2) is 0 Å². The Labute approximate surface area is 154 Å². The molecule has 0 N–H and O–H groups in total. The first-order valence-corrected chi connectivity index (χ1v) is 9.14. The van der Waals surface area contributed by atoms with Crippen LogP contribution in [0.3, 0.4) is 0 Å². The van der Waals surface area contributed by atoms with Crippen LogP contribution in [-0.4, -0.2) is 48.1 Å². The molecule has 2 amide bonds. The first-order chi connectivity index (χ1) is 12.5. The fraction of sp³-hybridized carbons (Fsp3) is 0.381. The summed E-state index contributed by atoms with van der Waals surface area (Å²) in [6.07, 6.45) is 0. The van der Waals surface area contributed by atoms with E-state index >= 15 is 0 Å². The van der Waals surface area contributed by atoms with E-state index in [1.165, 1.54) is 12.1 Å². The lowest BCUT2D eigenvalue weighted by Crippen LogP contribution is -2.54. The van der Waals surface area contributed by atoms with Gasteiger partial charge in [-0.05, 0) is 43.7 Å². The molecule has 0 spiro atoms. The van der Waals surface area contributed by atoms with Crippen LogP contribution in [0, 0.1) is 5.82 Å². The summed E-state index contributed by atoms with van der Waals surface area (Å²) in [4.78, 5) is 19.0. The van der Waals surface area contributed by atoms with E-state index in [2.05, 4.69) is 30.9 Å². The zero-order valence-electron chi connectivity index (χ0n) is 15.4. The van der Waals surface area contributed by atoms with Crippen LogP contribution in [0.25, 0.3) is 0 Å². The van der Waals surface area contributed by atoms with E-state index in [0.717, 1.165) is 24.3 Å². The van der Waals surface area contributed by atoms with Crippen molar-refractivity contribution in [3.63, 3.8) is 0 Å². The van der Waals surface area contributed by atoms with Gasteiger partial charge < -0.3 is 14.7 Å². The number of hydrogen-bond donors (Lipinski definition) is 0. The first kappa shape index (κ1) is 18.2. The van der Waals surface area contributed by atoms with Gasteiger partial charge in [0.25, 0.3) is 0 Å². The highest BCUT2D eigenvalue weighted by molar-refractivity contribution is 5.75. The summed E-state index contributed by atoms with van der Waals surface area (Å²) < 4.78 is 13.1. The standard InChI is InChI=1S/C21H26FN3O/c1-17(2)25(16-18-6-4-3-5-7-18)21(26)24-14-12-23(13-15-24)20-10-8-19(22)9-11-20/h3-11,17H,12-16H2,1-2H3. The molecule has 5 heteroatoms. The van der Waals surface area contributed by atoms with E-state index in [4.69, 9.17) is 0 Å². The molecule has 0 aromatic heterocycles. The van der Waals surface area contributed by atoms with Gasteiger partial charge in [0.05, 0.1) is 0 Å². The summed E-state index contributed by atoms with van der Waals surface area (Å²) in [5.41, 5.74) is 2.14. The van der Waals surface area contributed by atoms with Gasteiger partial charge in [0.2, 0.25) is 0 Å². The minimum absolute atomic E-state index is 0.0857. The van der Waals surface area contributed by atoms with E-state index in [1.54, 1.807) is 12.1 Å². The fourth-order valence-electron chi connectivity index (χ4n) is 3.24. The Balaban J connectivity index is 1.61. The van der Waals surface area contributed by atoms with E-state index < -0.39 is 0 Å². The lowest BCUT2D eigenvalue weighted by molar-refractivity contribution is 0.134. The smallest absolute Gasteiger partial charge is 0.320 e. The van der Waals surface area contributed by atoms with E-state index in [9.17, 15) is 9.18 Å². The lowest BCUT2D eigenvalue weighted by atomic mass is 10.2. The molecule has 138 valence electrons. The fourth-order valence-corrected chi connectivity index (χ4v) is 3.24. The molecular weight excluding hydrogens is 329 g/mol. The second-order valence-electron chi connectivity index (χ2n) is 6.94. The summed E-state index contributed by atoms with van der Waals surface area (Å²) >= 11 is 0. The zero-order chi connectivity index (χ0) is 18.5. The SMILES string of the molecule is CC(C)N(Cc1ccccc1)C(=O)N1CCN(c2ccc(F)cc2)CC1. The predicted octanol–water partition coefficient (Wildman–Crippen LogP) is 3.98. The summed E-state index contributed by atoms with van der Waals surface area (Å²) in [5, 5.41) is 0. The van der Waals surface area contributed by atoms with E-state index in [0.29, 0.717) is 19.6 Å². The second kappa shape index (κ2) is 8.21. The Morgan fingerprint density at radius 1 is 1.00 bits per heavy atom. The molecule has 0 radical (unpaired) electrons. The third-order valence-electron chi connectivity index (χ3n) is 4.81.